The molecule has 0 radical (unpaired) electrons. The van der Waals surface area contributed by atoms with Crippen LogP contribution in [0, 0.1) is 0 Å². The van der Waals surface area contributed by atoms with Crippen molar-refractivity contribution in [3.8, 4) is 0 Å². The monoisotopic (exact) mass is 381 g/mol. The number of nitrogens with zero attached hydrogens (tertiary/aromatic N) is 1. The van der Waals surface area contributed by atoms with Gasteiger partial charge in [-0.15, -0.1) is 11.3 Å². The van der Waals surface area contributed by atoms with Gasteiger partial charge >= 0.3 is 0 Å². The Kier molecular flexibility index (Phi) is 6.93. The van der Waals surface area contributed by atoms with Crippen molar-refractivity contribution < 1.29 is 9.59 Å². The Morgan fingerprint density at radius 1 is 0.889 bits per heavy atom. The topological polar surface area (TPSA) is 71.1 Å². The molecule has 0 atom stereocenters. The molecule has 0 aliphatic rings. The number of carbonyl (C=O) groups excluding carboxylic acids is 2. The van der Waals surface area contributed by atoms with Gasteiger partial charge in [-0.3, -0.25) is 9.59 Å². The molecule has 0 aliphatic carbocycles. The van der Waals surface area contributed by atoms with E-state index in [-0.39, 0.29) is 18.4 Å². The molecule has 140 valence electrons. The molecule has 5 nitrogen and oxygen atoms in total. The number of benzene rings is 2. The van der Waals surface area contributed by atoms with E-state index in [4.69, 9.17) is 0 Å². The Hall–Kier alpha value is -2.73. The molecule has 27 heavy (non-hydrogen) atoms. The Morgan fingerprint density at radius 2 is 1.67 bits per heavy atom. The number of aromatic nitrogens is 1. The van der Waals surface area contributed by atoms with Crippen molar-refractivity contribution >= 4 is 33.4 Å². The van der Waals surface area contributed by atoms with E-state index in [1.165, 1.54) is 10.3 Å². The summed E-state index contributed by atoms with van der Waals surface area (Å²) >= 11 is 1.67. The quantitative estimate of drug-likeness (QED) is 0.598. The van der Waals surface area contributed by atoms with E-state index in [0.29, 0.717) is 13.0 Å². The highest BCUT2D eigenvalue weighted by Gasteiger charge is 2.07. The molecule has 6 heteroatoms. The third kappa shape index (κ3) is 6.18. The van der Waals surface area contributed by atoms with Gasteiger partial charge in [0.2, 0.25) is 11.8 Å². The molecular formula is C21H23N3O2S. The molecule has 2 N–H and O–H groups in total. The first-order valence-electron chi connectivity index (χ1n) is 9.12. The number of thiazole rings is 1. The van der Waals surface area contributed by atoms with Crippen LogP contribution < -0.4 is 10.6 Å². The molecule has 0 saturated carbocycles. The zero-order valence-electron chi connectivity index (χ0n) is 15.1. The largest absolute Gasteiger partial charge is 0.354 e. The van der Waals surface area contributed by atoms with Crippen LogP contribution in [-0.2, 0) is 22.4 Å². The summed E-state index contributed by atoms with van der Waals surface area (Å²) in [7, 11) is 0. The van der Waals surface area contributed by atoms with Crippen molar-refractivity contribution in [1.29, 1.82) is 0 Å². The molecule has 2 amide bonds. The summed E-state index contributed by atoms with van der Waals surface area (Å²) in [5.74, 6) is -0.264. The number of hydrogen-bond donors (Lipinski definition) is 2. The van der Waals surface area contributed by atoms with E-state index in [9.17, 15) is 9.59 Å². The molecule has 3 rings (SSSR count). The highest BCUT2D eigenvalue weighted by Crippen LogP contribution is 2.22. The predicted octanol–water partition coefficient (Wildman–Crippen LogP) is 3.09. The SMILES string of the molecule is O=C(CCCc1nc2ccccc2s1)NCC(=O)NCCc1ccccc1. The minimum Gasteiger partial charge on any atom is -0.354 e. The zero-order chi connectivity index (χ0) is 18.9. The van der Waals surface area contributed by atoms with Crippen molar-refractivity contribution in [2.24, 2.45) is 0 Å². The molecule has 0 spiro atoms. The Morgan fingerprint density at radius 3 is 2.48 bits per heavy atom. The van der Waals surface area contributed by atoms with Crippen LogP contribution in [0.4, 0.5) is 0 Å². The number of para-hydroxylation sites is 1. The normalized spacial score (nSPS) is 10.7. The Balaban J connectivity index is 1.29. The van der Waals surface area contributed by atoms with Gasteiger partial charge in [0.25, 0.3) is 0 Å². The summed E-state index contributed by atoms with van der Waals surface area (Å²) in [4.78, 5) is 28.3. The first kappa shape index (κ1) is 19.0. The van der Waals surface area contributed by atoms with Crippen LogP contribution in [0.1, 0.15) is 23.4 Å². The molecular weight excluding hydrogens is 358 g/mol. The van der Waals surface area contributed by atoms with Crippen LogP contribution in [0.2, 0.25) is 0 Å². The molecule has 2 aromatic carbocycles. The van der Waals surface area contributed by atoms with E-state index >= 15 is 0 Å². The molecule has 0 unspecified atom stereocenters. The minimum atomic E-state index is -0.162. The van der Waals surface area contributed by atoms with E-state index in [2.05, 4.69) is 21.7 Å². The predicted molar refractivity (Wildman–Crippen MR) is 109 cm³/mol. The minimum absolute atomic E-state index is 0.0226. The summed E-state index contributed by atoms with van der Waals surface area (Å²) in [6.07, 6.45) is 2.67. The van der Waals surface area contributed by atoms with Gasteiger partial charge in [-0.25, -0.2) is 4.98 Å². The third-order valence-corrected chi connectivity index (χ3v) is 5.25. The van der Waals surface area contributed by atoms with Crippen molar-refractivity contribution in [3.05, 3.63) is 65.2 Å². The molecule has 0 bridgehead atoms. The highest BCUT2D eigenvalue weighted by atomic mass is 32.1. The van der Waals surface area contributed by atoms with E-state index < -0.39 is 0 Å². The van der Waals surface area contributed by atoms with Gasteiger partial charge in [0.05, 0.1) is 21.8 Å². The second-order valence-electron chi connectivity index (χ2n) is 6.29. The number of rotatable bonds is 9. The molecule has 1 aromatic heterocycles. The standard InChI is InChI=1S/C21H23N3O2S/c25-19(11-6-12-21-24-17-9-4-5-10-18(17)27-21)23-15-20(26)22-14-13-16-7-2-1-3-8-16/h1-5,7-10H,6,11-15H2,(H,22,26)(H,23,25). The summed E-state index contributed by atoms with van der Waals surface area (Å²) < 4.78 is 1.17. The van der Waals surface area contributed by atoms with E-state index in [1.807, 2.05) is 48.5 Å². The summed E-state index contributed by atoms with van der Waals surface area (Å²) in [6, 6.07) is 18.0. The number of hydrogen-bond acceptors (Lipinski definition) is 4. The van der Waals surface area contributed by atoms with Gasteiger partial charge in [-0.1, -0.05) is 42.5 Å². The number of aryl methyl sites for hydroxylation is 1. The smallest absolute Gasteiger partial charge is 0.239 e. The Bertz CT molecular complexity index is 860. The third-order valence-electron chi connectivity index (χ3n) is 4.16. The van der Waals surface area contributed by atoms with Crippen LogP contribution in [-0.4, -0.2) is 29.9 Å². The van der Waals surface area contributed by atoms with Crippen molar-refractivity contribution in [3.63, 3.8) is 0 Å². The number of carbonyl (C=O) groups is 2. The second kappa shape index (κ2) is 9.83. The average molecular weight is 382 g/mol. The first-order chi connectivity index (χ1) is 13.2. The fraction of sp³-hybridized carbons (Fsp3) is 0.286. The number of amides is 2. The lowest BCUT2D eigenvalue weighted by Crippen LogP contribution is -2.37. The fourth-order valence-corrected chi connectivity index (χ4v) is 3.76. The number of fused-ring (bicyclic) bond motifs is 1. The van der Waals surface area contributed by atoms with Crippen molar-refractivity contribution in [1.82, 2.24) is 15.6 Å². The highest BCUT2D eigenvalue weighted by molar-refractivity contribution is 7.18. The lowest BCUT2D eigenvalue weighted by Gasteiger charge is -2.07. The van der Waals surface area contributed by atoms with Crippen molar-refractivity contribution in [2.75, 3.05) is 13.1 Å². The Labute approximate surface area is 162 Å². The van der Waals surface area contributed by atoms with Gasteiger partial charge in [-0.2, -0.15) is 0 Å². The van der Waals surface area contributed by atoms with Gasteiger partial charge in [0.15, 0.2) is 0 Å². The van der Waals surface area contributed by atoms with Gasteiger partial charge in [0.1, 0.15) is 0 Å². The van der Waals surface area contributed by atoms with Crippen LogP contribution in [0.5, 0.6) is 0 Å². The fourth-order valence-electron chi connectivity index (χ4n) is 2.75. The lowest BCUT2D eigenvalue weighted by atomic mass is 10.1. The lowest BCUT2D eigenvalue weighted by molar-refractivity contribution is -0.126. The van der Waals surface area contributed by atoms with Crippen LogP contribution in [0.3, 0.4) is 0 Å². The first-order valence-corrected chi connectivity index (χ1v) is 9.94. The van der Waals surface area contributed by atoms with Gasteiger partial charge in [-0.05, 0) is 37.0 Å². The summed E-state index contributed by atoms with van der Waals surface area (Å²) in [6.45, 7) is 0.588. The second-order valence-corrected chi connectivity index (χ2v) is 7.41. The van der Waals surface area contributed by atoms with Gasteiger partial charge < -0.3 is 10.6 Å². The maximum absolute atomic E-state index is 11.9. The van der Waals surface area contributed by atoms with Gasteiger partial charge in [0, 0.05) is 13.0 Å². The molecule has 1 heterocycles. The van der Waals surface area contributed by atoms with Crippen molar-refractivity contribution in [2.45, 2.75) is 25.7 Å². The average Bonchev–Trinajstić information content (AvgIpc) is 3.10. The maximum Gasteiger partial charge on any atom is 0.239 e. The molecule has 0 saturated heterocycles. The van der Waals surface area contributed by atoms with E-state index in [1.54, 1.807) is 11.3 Å². The van der Waals surface area contributed by atoms with Crippen LogP contribution in [0.15, 0.2) is 54.6 Å². The molecule has 0 aliphatic heterocycles. The van der Waals surface area contributed by atoms with E-state index in [0.717, 1.165) is 29.8 Å². The maximum atomic E-state index is 11.9. The van der Waals surface area contributed by atoms with Crippen LogP contribution in [0.25, 0.3) is 10.2 Å². The van der Waals surface area contributed by atoms with Crippen LogP contribution >= 0.6 is 11.3 Å². The molecule has 0 fully saturated rings. The molecule has 3 aromatic rings. The summed E-state index contributed by atoms with van der Waals surface area (Å²) in [5, 5.41) is 6.54. The zero-order valence-corrected chi connectivity index (χ0v) is 15.9. The number of nitrogens with one attached hydrogen (secondary N) is 2. The summed E-state index contributed by atoms with van der Waals surface area (Å²) in [5.41, 5.74) is 2.19.